The number of allylic oxidation sites excluding steroid dienone is 1. The predicted molar refractivity (Wildman–Crippen MR) is 98.8 cm³/mol. The van der Waals surface area contributed by atoms with Gasteiger partial charge in [-0.2, -0.15) is 5.26 Å². The standard InChI is InChI=1S/C20H14N2O2S/c1-14(23)24-18-9-7-15(8-10-18)11-17(12-21)20-22-19(13-25-20)16-5-3-2-4-6-16/h2-11,13H,1H3/b17-11-. The van der Waals surface area contributed by atoms with Gasteiger partial charge in [-0.15, -0.1) is 11.3 Å². The summed E-state index contributed by atoms with van der Waals surface area (Å²) in [5.41, 5.74) is 3.20. The Balaban J connectivity index is 1.85. The summed E-state index contributed by atoms with van der Waals surface area (Å²) < 4.78 is 5.00. The molecule has 0 atom stereocenters. The summed E-state index contributed by atoms with van der Waals surface area (Å²) in [5, 5.41) is 12.1. The highest BCUT2D eigenvalue weighted by atomic mass is 32.1. The van der Waals surface area contributed by atoms with Gasteiger partial charge in [0, 0.05) is 17.9 Å². The third-order valence-electron chi connectivity index (χ3n) is 3.38. The molecule has 25 heavy (non-hydrogen) atoms. The Labute approximate surface area is 149 Å². The van der Waals surface area contributed by atoms with E-state index >= 15 is 0 Å². The molecule has 3 rings (SSSR count). The van der Waals surface area contributed by atoms with Crippen molar-refractivity contribution < 1.29 is 9.53 Å². The molecule has 0 amide bonds. The number of nitrogens with zero attached hydrogens (tertiary/aromatic N) is 2. The second-order valence-electron chi connectivity index (χ2n) is 5.24. The van der Waals surface area contributed by atoms with E-state index in [2.05, 4.69) is 11.1 Å². The number of aromatic nitrogens is 1. The molecule has 5 heteroatoms. The molecule has 0 spiro atoms. The minimum absolute atomic E-state index is 0.364. The molecule has 0 fully saturated rings. The topological polar surface area (TPSA) is 63.0 Å². The van der Waals surface area contributed by atoms with Crippen LogP contribution in [0.5, 0.6) is 5.75 Å². The highest BCUT2D eigenvalue weighted by molar-refractivity contribution is 7.11. The number of rotatable bonds is 4. The van der Waals surface area contributed by atoms with Crippen molar-refractivity contribution in [3.8, 4) is 23.1 Å². The van der Waals surface area contributed by atoms with Crippen molar-refractivity contribution in [2.24, 2.45) is 0 Å². The van der Waals surface area contributed by atoms with Gasteiger partial charge < -0.3 is 4.74 Å². The quantitative estimate of drug-likeness (QED) is 0.387. The highest BCUT2D eigenvalue weighted by Crippen LogP contribution is 2.27. The second-order valence-corrected chi connectivity index (χ2v) is 6.09. The van der Waals surface area contributed by atoms with Crippen LogP contribution in [0.15, 0.2) is 60.0 Å². The summed E-state index contributed by atoms with van der Waals surface area (Å²) in [6, 6.07) is 19.0. The average molecular weight is 346 g/mol. The molecule has 0 saturated heterocycles. The molecular formula is C20H14N2O2S. The molecule has 3 aromatic rings. The van der Waals surface area contributed by atoms with Crippen LogP contribution in [0, 0.1) is 11.3 Å². The monoisotopic (exact) mass is 346 g/mol. The summed E-state index contributed by atoms with van der Waals surface area (Å²) >= 11 is 1.44. The van der Waals surface area contributed by atoms with Crippen molar-refractivity contribution in [2.75, 3.05) is 0 Å². The van der Waals surface area contributed by atoms with Crippen LogP contribution in [0.2, 0.25) is 0 Å². The Kier molecular flexibility index (Phi) is 5.03. The Bertz CT molecular complexity index is 951. The Hall–Kier alpha value is -3.23. The summed E-state index contributed by atoms with van der Waals surface area (Å²) in [7, 11) is 0. The summed E-state index contributed by atoms with van der Waals surface area (Å²) in [6.45, 7) is 1.36. The fourth-order valence-electron chi connectivity index (χ4n) is 2.25. The van der Waals surface area contributed by atoms with Gasteiger partial charge in [-0.1, -0.05) is 42.5 Å². The zero-order chi connectivity index (χ0) is 17.6. The first-order valence-electron chi connectivity index (χ1n) is 7.57. The molecule has 122 valence electrons. The molecule has 1 heterocycles. The smallest absolute Gasteiger partial charge is 0.308 e. The van der Waals surface area contributed by atoms with E-state index in [9.17, 15) is 10.1 Å². The van der Waals surface area contributed by atoms with Gasteiger partial charge in [0.2, 0.25) is 0 Å². The van der Waals surface area contributed by atoms with E-state index in [0.29, 0.717) is 16.3 Å². The zero-order valence-corrected chi connectivity index (χ0v) is 14.3. The van der Waals surface area contributed by atoms with E-state index in [0.717, 1.165) is 16.8 Å². The van der Waals surface area contributed by atoms with Crippen LogP contribution in [0.3, 0.4) is 0 Å². The molecule has 4 nitrogen and oxygen atoms in total. The number of hydrogen-bond donors (Lipinski definition) is 0. The van der Waals surface area contributed by atoms with Crippen LogP contribution in [0.25, 0.3) is 22.9 Å². The van der Waals surface area contributed by atoms with Gasteiger partial charge in [0.05, 0.1) is 11.3 Å². The van der Waals surface area contributed by atoms with Crippen molar-refractivity contribution in [1.82, 2.24) is 4.98 Å². The number of esters is 1. The number of hydrogen-bond acceptors (Lipinski definition) is 5. The van der Waals surface area contributed by atoms with Crippen LogP contribution < -0.4 is 4.74 Å². The van der Waals surface area contributed by atoms with Crippen molar-refractivity contribution in [1.29, 1.82) is 5.26 Å². The second kappa shape index (κ2) is 7.56. The first kappa shape index (κ1) is 16.6. The minimum Gasteiger partial charge on any atom is -0.427 e. The minimum atomic E-state index is -0.364. The molecule has 1 aromatic heterocycles. The van der Waals surface area contributed by atoms with Gasteiger partial charge in [-0.3, -0.25) is 4.79 Å². The molecule has 2 aromatic carbocycles. The first-order valence-corrected chi connectivity index (χ1v) is 8.45. The fourth-order valence-corrected chi connectivity index (χ4v) is 3.04. The first-order chi connectivity index (χ1) is 12.2. The molecule has 0 N–H and O–H groups in total. The fraction of sp³-hybridized carbons (Fsp3) is 0.0500. The molecule has 0 aliphatic carbocycles. The van der Waals surface area contributed by atoms with E-state index in [1.54, 1.807) is 30.3 Å². The van der Waals surface area contributed by atoms with E-state index in [-0.39, 0.29) is 5.97 Å². The highest BCUT2D eigenvalue weighted by Gasteiger charge is 2.09. The Morgan fingerprint density at radius 3 is 2.52 bits per heavy atom. The van der Waals surface area contributed by atoms with Crippen LogP contribution in [-0.2, 0) is 4.79 Å². The predicted octanol–water partition coefficient (Wildman–Crippen LogP) is 4.80. The molecule has 0 unspecified atom stereocenters. The molecule has 0 aliphatic rings. The van der Waals surface area contributed by atoms with Crippen molar-refractivity contribution in [2.45, 2.75) is 6.92 Å². The van der Waals surface area contributed by atoms with E-state index in [4.69, 9.17) is 4.74 Å². The summed E-state index contributed by atoms with van der Waals surface area (Å²) in [4.78, 5) is 15.5. The normalized spacial score (nSPS) is 11.0. The number of benzene rings is 2. The number of carbonyl (C=O) groups excluding carboxylic acids is 1. The van der Waals surface area contributed by atoms with Crippen LogP contribution in [0.1, 0.15) is 17.5 Å². The summed E-state index contributed by atoms with van der Waals surface area (Å²) in [6.07, 6.45) is 1.77. The van der Waals surface area contributed by atoms with Crippen molar-refractivity contribution in [3.63, 3.8) is 0 Å². The maximum absolute atomic E-state index is 10.9. The number of nitriles is 1. The lowest BCUT2D eigenvalue weighted by atomic mass is 10.1. The maximum Gasteiger partial charge on any atom is 0.308 e. The van der Waals surface area contributed by atoms with Gasteiger partial charge in [0.25, 0.3) is 0 Å². The third kappa shape index (κ3) is 4.19. The largest absolute Gasteiger partial charge is 0.427 e. The van der Waals surface area contributed by atoms with Gasteiger partial charge >= 0.3 is 5.97 Å². The van der Waals surface area contributed by atoms with Gasteiger partial charge in [0.15, 0.2) is 0 Å². The summed E-state index contributed by atoms with van der Waals surface area (Å²) in [5.74, 6) is 0.112. The van der Waals surface area contributed by atoms with E-state index in [1.807, 2.05) is 35.7 Å². The molecule has 0 radical (unpaired) electrons. The zero-order valence-electron chi connectivity index (χ0n) is 13.5. The molecule has 0 saturated carbocycles. The van der Waals surface area contributed by atoms with Crippen LogP contribution in [0.4, 0.5) is 0 Å². The molecule has 0 aliphatic heterocycles. The number of carbonyl (C=O) groups is 1. The molecule has 0 bridgehead atoms. The SMILES string of the molecule is CC(=O)Oc1ccc(/C=C(/C#N)c2nc(-c3ccccc3)cs2)cc1. The number of ether oxygens (including phenoxy) is 1. The third-order valence-corrected chi connectivity index (χ3v) is 4.25. The van der Waals surface area contributed by atoms with Crippen molar-refractivity contribution in [3.05, 3.63) is 70.5 Å². The van der Waals surface area contributed by atoms with Gasteiger partial charge in [0.1, 0.15) is 16.8 Å². The number of thiazole rings is 1. The van der Waals surface area contributed by atoms with E-state index < -0.39 is 0 Å². The van der Waals surface area contributed by atoms with Gasteiger partial charge in [-0.05, 0) is 23.8 Å². The van der Waals surface area contributed by atoms with Crippen LogP contribution >= 0.6 is 11.3 Å². The maximum atomic E-state index is 10.9. The van der Waals surface area contributed by atoms with Gasteiger partial charge in [-0.25, -0.2) is 4.98 Å². The lowest BCUT2D eigenvalue weighted by Gasteiger charge is -2.01. The van der Waals surface area contributed by atoms with E-state index in [1.165, 1.54) is 18.3 Å². The molecular weight excluding hydrogens is 332 g/mol. The lowest BCUT2D eigenvalue weighted by Crippen LogP contribution is -2.00. The van der Waals surface area contributed by atoms with Crippen LogP contribution in [-0.4, -0.2) is 11.0 Å². The average Bonchev–Trinajstić information content (AvgIpc) is 3.11. The van der Waals surface area contributed by atoms with Crippen molar-refractivity contribution >= 4 is 29.0 Å². The lowest BCUT2D eigenvalue weighted by molar-refractivity contribution is -0.131. The Morgan fingerprint density at radius 1 is 1.16 bits per heavy atom. The Morgan fingerprint density at radius 2 is 1.88 bits per heavy atom.